The maximum Gasteiger partial charge on any atom is 0.142 e. The Morgan fingerprint density at radius 2 is 1.88 bits per heavy atom. The molecule has 2 aromatic rings. The molecule has 0 bridgehead atoms. The van der Waals surface area contributed by atoms with Crippen molar-refractivity contribution in [3.63, 3.8) is 0 Å². The molecule has 0 aromatic heterocycles. The van der Waals surface area contributed by atoms with Crippen LogP contribution in [0.4, 0.5) is 5.69 Å². The van der Waals surface area contributed by atoms with Crippen LogP contribution in [0.25, 0.3) is 0 Å². The van der Waals surface area contributed by atoms with E-state index in [1.54, 1.807) is 0 Å². The molecule has 3 nitrogen and oxygen atoms in total. The lowest BCUT2D eigenvalue weighted by Gasteiger charge is -2.21. The Hall–Kier alpha value is -2.29. The van der Waals surface area contributed by atoms with Crippen LogP contribution in [0.2, 0.25) is 0 Å². The minimum atomic E-state index is -0.111. The molecule has 1 N–H and O–H groups in total. The number of anilines is 1. The van der Waals surface area contributed by atoms with Gasteiger partial charge >= 0.3 is 0 Å². The van der Waals surface area contributed by atoms with E-state index in [-0.39, 0.29) is 17.1 Å². The number of nitrogens with one attached hydrogen (secondary N) is 1. The average molecular weight is 351 g/mol. The summed E-state index contributed by atoms with van der Waals surface area (Å²) in [7, 11) is 0. The van der Waals surface area contributed by atoms with Crippen molar-refractivity contribution in [1.29, 1.82) is 0 Å². The van der Waals surface area contributed by atoms with E-state index in [0.717, 1.165) is 30.0 Å². The van der Waals surface area contributed by atoms with Gasteiger partial charge in [-0.15, -0.1) is 0 Å². The molecule has 0 saturated carbocycles. The van der Waals surface area contributed by atoms with Gasteiger partial charge in [0, 0.05) is 18.9 Å². The normalized spacial score (nSPS) is 14.8. The van der Waals surface area contributed by atoms with Crippen molar-refractivity contribution < 1.29 is 9.53 Å². The minimum absolute atomic E-state index is 0.111. The van der Waals surface area contributed by atoms with Crippen LogP contribution in [-0.4, -0.2) is 18.9 Å². The van der Waals surface area contributed by atoms with Crippen molar-refractivity contribution >= 4 is 11.5 Å². The second kappa shape index (κ2) is 7.53. The summed E-state index contributed by atoms with van der Waals surface area (Å²) in [6.45, 7) is 10.1. The molecule has 0 aliphatic carbocycles. The molecule has 0 fully saturated rings. The van der Waals surface area contributed by atoms with E-state index in [0.29, 0.717) is 13.0 Å². The quantitative estimate of drug-likeness (QED) is 0.815. The molecule has 3 rings (SSSR count). The monoisotopic (exact) mass is 351 g/mol. The summed E-state index contributed by atoms with van der Waals surface area (Å²) >= 11 is 0. The van der Waals surface area contributed by atoms with Crippen molar-refractivity contribution in [2.45, 2.75) is 51.9 Å². The van der Waals surface area contributed by atoms with Gasteiger partial charge in [0.25, 0.3) is 0 Å². The van der Waals surface area contributed by atoms with Gasteiger partial charge in [-0.1, -0.05) is 58.0 Å². The van der Waals surface area contributed by atoms with Gasteiger partial charge < -0.3 is 10.1 Å². The molecular formula is C23H29NO2. The highest BCUT2D eigenvalue weighted by molar-refractivity contribution is 5.86. The highest BCUT2D eigenvalue weighted by Crippen LogP contribution is 2.31. The molecule has 3 heteroatoms. The first-order valence-corrected chi connectivity index (χ1v) is 9.47. The van der Waals surface area contributed by atoms with Crippen LogP contribution in [0.5, 0.6) is 5.75 Å². The molecule has 0 saturated heterocycles. The molecular weight excluding hydrogens is 322 g/mol. The van der Waals surface area contributed by atoms with Gasteiger partial charge in [-0.25, -0.2) is 0 Å². The van der Waals surface area contributed by atoms with E-state index in [2.05, 4.69) is 50.4 Å². The first-order chi connectivity index (χ1) is 12.3. The molecule has 2 aromatic carbocycles. The molecule has 0 amide bonds. The molecule has 1 aliphatic rings. The minimum Gasteiger partial charge on any atom is -0.490 e. The summed E-state index contributed by atoms with van der Waals surface area (Å²) in [5.41, 5.74) is 4.74. The van der Waals surface area contributed by atoms with E-state index in [4.69, 9.17) is 4.74 Å². The number of rotatable bonds is 5. The topological polar surface area (TPSA) is 38.3 Å². The summed E-state index contributed by atoms with van der Waals surface area (Å²) in [5, 5.41) is 3.31. The number of Topliss-reactive ketones (excluding diaryl/α,β-unsaturated/α-hetero) is 1. The first-order valence-electron chi connectivity index (χ1n) is 9.47. The highest BCUT2D eigenvalue weighted by atomic mass is 16.5. The Morgan fingerprint density at radius 1 is 1.15 bits per heavy atom. The molecule has 1 atom stereocenters. The smallest absolute Gasteiger partial charge is 0.142 e. The third-order valence-electron chi connectivity index (χ3n) is 5.14. The van der Waals surface area contributed by atoms with Crippen LogP contribution in [-0.2, 0) is 16.6 Å². The van der Waals surface area contributed by atoms with Crippen LogP contribution in [0.3, 0.4) is 0 Å². The van der Waals surface area contributed by atoms with E-state index in [1.165, 1.54) is 11.1 Å². The zero-order valence-electron chi connectivity index (χ0n) is 16.3. The van der Waals surface area contributed by atoms with Gasteiger partial charge in [0.15, 0.2) is 0 Å². The van der Waals surface area contributed by atoms with Gasteiger partial charge in [0.05, 0.1) is 5.69 Å². The molecule has 0 spiro atoms. The van der Waals surface area contributed by atoms with Crippen LogP contribution < -0.4 is 10.1 Å². The average Bonchev–Trinajstić information content (AvgIpc) is 2.64. The van der Waals surface area contributed by atoms with Crippen LogP contribution >= 0.6 is 0 Å². The molecule has 1 aliphatic heterocycles. The lowest BCUT2D eigenvalue weighted by Crippen LogP contribution is -2.18. The third kappa shape index (κ3) is 4.27. The van der Waals surface area contributed by atoms with Crippen molar-refractivity contribution in [3.05, 3.63) is 59.2 Å². The number of ketones is 1. The largest absolute Gasteiger partial charge is 0.490 e. The summed E-state index contributed by atoms with van der Waals surface area (Å²) in [6, 6.07) is 14.7. The summed E-state index contributed by atoms with van der Waals surface area (Å²) < 4.78 is 5.69. The van der Waals surface area contributed by atoms with Gasteiger partial charge in [-0.3, -0.25) is 4.79 Å². The summed E-state index contributed by atoms with van der Waals surface area (Å²) in [5.74, 6) is 1.01. The first kappa shape index (κ1) is 18.5. The van der Waals surface area contributed by atoms with Crippen LogP contribution in [0.1, 0.15) is 56.7 Å². The molecule has 1 heterocycles. The van der Waals surface area contributed by atoms with Gasteiger partial charge in [0.1, 0.15) is 18.1 Å². The van der Waals surface area contributed by atoms with E-state index < -0.39 is 0 Å². The van der Waals surface area contributed by atoms with Gasteiger partial charge in [-0.05, 0) is 40.7 Å². The number of ether oxygens (including phenoxy) is 1. The Bertz CT molecular complexity index is 772. The predicted octanol–water partition coefficient (Wildman–Crippen LogP) is 5.09. The zero-order valence-corrected chi connectivity index (χ0v) is 16.3. The maximum absolute atomic E-state index is 12.7. The lowest BCUT2D eigenvalue weighted by atomic mass is 9.86. The van der Waals surface area contributed by atoms with Crippen molar-refractivity contribution in [2.24, 2.45) is 0 Å². The highest BCUT2D eigenvalue weighted by Gasteiger charge is 2.18. The lowest BCUT2D eigenvalue weighted by molar-refractivity contribution is -0.120. The van der Waals surface area contributed by atoms with Gasteiger partial charge in [-0.2, -0.15) is 0 Å². The second-order valence-electron chi connectivity index (χ2n) is 8.17. The number of hydrogen-bond donors (Lipinski definition) is 1. The summed E-state index contributed by atoms with van der Waals surface area (Å²) in [4.78, 5) is 12.7. The van der Waals surface area contributed by atoms with Crippen LogP contribution in [0.15, 0.2) is 42.5 Å². The number of benzene rings is 2. The fourth-order valence-corrected chi connectivity index (χ4v) is 3.26. The number of hydrogen-bond acceptors (Lipinski definition) is 3. The summed E-state index contributed by atoms with van der Waals surface area (Å²) in [6.07, 6.45) is 1.35. The number of aryl methyl sites for hydroxylation is 1. The Labute approximate surface area is 156 Å². The Kier molecular flexibility index (Phi) is 5.36. The molecule has 138 valence electrons. The number of carbonyl (C=O) groups excluding carboxylic acids is 1. The van der Waals surface area contributed by atoms with Crippen molar-refractivity contribution in [1.82, 2.24) is 0 Å². The number of carbonyl (C=O) groups is 1. The SMILES string of the molecule is CC(C(=O)CCc1ccc(C(C)(C)C)cc1)c1ccc2c(c1)OCCN2. The van der Waals surface area contributed by atoms with E-state index in [9.17, 15) is 4.79 Å². The van der Waals surface area contributed by atoms with Crippen molar-refractivity contribution in [3.8, 4) is 5.75 Å². The predicted molar refractivity (Wildman–Crippen MR) is 107 cm³/mol. The fourth-order valence-electron chi connectivity index (χ4n) is 3.26. The van der Waals surface area contributed by atoms with Gasteiger partial charge in [0.2, 0.25) is 0 Å². The molecule has 26 heavy (non-hydrogen) atoms. The fraction of sp³-hybridized carbons (Fsp3) is 0.435. The Balaban J connectivity index is 1.61. The zero-order chi connectivity index (χ0) is 18.7. The molecule has 1 unspecified atom stereocenters. The van der Waals surface area contributed by atoms with E-state index in [1.807, 2.05) is 25.1 Å². The number of fused-ring (bicyclic) bond motifs is 1. The standard InChI is InChI=1S/C23H29NO2/c1-16(18-8-11-20-22(15-18)26-14-13-24-20)21(25)12-7-17-5-9-19(10-6-17)23(2,3)4/h5-6,8-11,15-16,24H,7,12-14H2,1-4H3. The maximum atomic E-state index is 12.7. The second-order valence-corrected chi connectivity index (χ2v) is 8.17. The van der Waals surface area contributed by atoms with E-state index >= 15 is 0 Å². The van der Waals surface area contributed by atoms with Crippen molar-refractivity contribution in [2.75, 3.05) is 18.5 Å². The molecule has 0 radical (unpaired) electrons. The Morgan fingerprint density at radius 3 is 2.58 bits per heavy atom. The third-order valence-corrected chi connectivity index (χ3v) is 5.14. The van der Waals surface area contributed by atoms with Crippen LogP contribution in [0, 0.1) is 0 Å².